The number of carbonyl (C=O) groups is 1. The third-order valence-electron chi connectivity index (χ3n) is 2.67. The first-order valence-electron chi connectivity index (χ1n) is 6.11. The minimum absolute atomic E-state index is 0.0564. The van der Waals surface area contributed by atoms with Crippen LogP contribution in [-0.2, 0) is 0 Å². The summed E-state index contributed by atoms with van der Waals surface area (Å²) in [6.45, 7) is 3.06. The van der Waals surface area contributed by atoms with Crippen LogP contribution in [0.25, 0.3) is 0 Å². The molecule has 2 aromatic rings. The highest BCUT2D eigenvalue weighted by Gasteiger charge is 2.06. The van der Waals surface area contributed by atoms with Gasteiger partial charge in [0, 0.05) is 31.0 Å². The first-order valence-corrected chi connectivity index (χ1v) is 6.11. The van der Waals surface area contributed by atoms with Crippen LogP contribution in [0.5, 0.6) is 0 Å². The van der Waals surface area contributed by atoms with Crippen molar-refractivity contribution in [1.29, 1.82) is 0 Å². The molecular formula is C14H16N4O. The Kier molecular flexibility index (Phi) is 4.44. The largest absolute Gasteiger partial charge is 0.367 e. The molecule has 0 aliphatic heterocycles. The maximum absolute atomic E-state index is 11.9. The van der Waals surface area contributed by atoms with Gasteiger partial charge in [-0.25, -0.2) is 4.98 Å². The third kappa shape index (κ3) is 3.77. The molecule has 0 radical (unpaired) electrons. The Balaban J connectivity index is 1.77. The number of carbonyl (C=O) groups excluding carboxylic acids is 1. The molecule has 2 N–H and O–H groups in total. The van der Waals surface area contributed by atoms with Crippen molar-refractivity contribution < 1.29 is 4.79 Å². The summed E-state index contributed by atoms with van der Waals surface area (Å²) >= 11 is 0. The van der Waals surface area contributed by atoms with E-state index in [2.05, 4.69) is 20.6 Å². The highest BCUT2D eigenvalue weighted by molar-refractivity contribution is 5.95. The molecule has 1 aromatic carbocycles. The van der Waals surface area contributed by atoms with Crippen LogP contribution in [0.3, 0.4) is 0 Å². The first kappa shape index (κ1) is 13.0. The van der Waals surface area contributed by atoms with Gasteiger partial charge in [0.2, 0.25) is 0 Å². The molecule has 0 atom stereocenters. The number of rotatable bonds is 5. The number of nitrogens with one attached hydrogen (secondary N) is 2. The number of aromatic nitrogens is 2. The lowest BCUT2D eigenvalue weighted by atomic mass is 10.1. The van der Waals surface area contributed by atoms with E-state index in [4.69, 9.17) is 0 Å². The van der Waals surface area contributed by atoms with Crippen molar-refractivity contribution >= 4 is 11.7 Å². The number of hydrogen-bond donors (Lipinski definition) is 2. The van der Waals surface area contributed by atoms with Crippen molar-refractivity contribution in [2.45, 2.75) is 6.92 Å². The van der Waals surface area contributed by atoms with E-state index in [1.807, 2.05) is 31.2 Å². The lowest BCUT2D eigenvalue weighted by molar-refractivity contribution is 0.0954. The second kappa shape index (κ2) is 6.49. The lowest BCUT2D eigenvalue weighted by Crippen LogP contribution is -2.29. The Labute approximate surface area is 112 Å². The first-order chi connectivity index (χ1) is 9.27. The number of benzene rings is 1. The minimum atomic E-state index is -0.0564. The molecule has 0 unspecified atom stereocenters. The van der Waals surface area contributed by atoms with Gasteiger partial charge in [-0.05, 0) is 18.6 Å². The topological polar surface area (TPSA) is 66.9 Å². The van der Waals surface area contributed by atoms with Gasteiger partial charge in [-0.1, -0.05) is 18.2 Å². The van der Waals surface area contributed by atoms with Crippen LogP contribution in [0.2, 0.25) is 0 Å². The third-order valence-corrected chi connectivity index (χ3v) is 2.67. The Hall–Kier alpha value is -2.43. The van der Waals surface area contributed by atoms with Gasteiger partial charge in [-0.2, -0.15) is 0 Å². The summed E-state index contributed by atoms with van der Waals surface area (Å²) in [6, 6.07) is 7.52. The van der Waals surface area contributed by atoms with Crippen molar-refractivity contribution in [3.8, 4) is 0 Å². The fourth-order valence-corrected chi connectivity index (χ4v) is 1.68. The van der Waals surface area contributed by atoms with Gasteiger partial charge in [0.1, 0.15) is 5.82 Å². The highest BCUT2D eigenvalue weighted by Crippen LogP contribution is 2.06. The van der Waals surface area contributed by atoms with Gasteiger partial charge in [-0.15, -0.1) is 0 Å². The highest BCUT2D eigenvalue weighted by atomic mass is 16.1. The Morgan fingerprint density at radius 1 is 1.21 bits per heavy atom. The van der Waals surface area contributed by atoms with Crippen LogP contribution in [0.1, 0.15) is 15.9 Å². The van der Waals surface area contributed by atoms with Gasteiger partial charge in [0.05, 0.1) is 6.20 Å². The van der Waals surface area contributed by atoms with Gasteiger partial charge in [0.25, 0.3) is 5.91 Å². The van der Waals surface area contributed by atoms with Crippen molar-refractivity contribution in [2.24, 2.45) is 0 Å². The molecule has 0 spiro atoms. The maximum atomic E-state index is 11.9. The van der Waals surface area contributed by atoms with Crippen LogP contribution in [-0.4, -0.2) is 29.0 Å². The second-order valence-corrected chi connectivity index (χ2v) is 4.09. The number of anilines is 1. The molecule has 1 heterocycles. The molecule has 0 saturated carbocycles. The normalized spacial score (nSPS) is 9.95. The summed E-state index contributed by atoms with van der Waals surface area (Å²) < 4.78 is 0. The molecular weight excluding hydrogens is 240 g/mol. The van der Waals surface area contributed by atoms with E-state index in [0.29, 0.717) is 24.5 Å². The van der Waals surface area contributed by atoms with Crippen LogP contribution in [0.4, 0.5) is 5.82 Å². The Bertz CT molecular complexity index is 542. The van der Waals surface area contributed by atoms with Gasteiger partial charge in [-0.3, -0.25) is 9.78 Å². The zero-order valence-corrected chi connectivity index (χ0v) is 10.8. The monoisotopic (exact) mass is 256 g/mol. The van der Waals surface area contributed by atoms with E-state index in [9.17, 15) is 4.79 Å². The summed E-state index contributed by atoms with van der Waals surface area (Å²) in [7, 11) is 0. The maximum Gasteiger partial charge on any atom is 0.251 e. The van der Waals surface area contributed by atoms with E-state index in [1.165, 1.54) is 0 Å². The molecule has 5 nitrogen and oxygen atoms in total. The number of aryl methyl sites for hydroxylation is 1. The molecule has 0 bridgehead atoms. The van der Waals surface area contributed by atoms with E-state index in [1.54, 1.807) is 18.6 Å². The number of amides is 1. The predicted octanol–water partition coefficient (Wildman–Crippen LogP) is 1.63. The Morgan fingerprint density at radius 3 is 2.79 bits per heavy atom. The molecule has 0 aliphatic rings. The minimum Gasteiger partial charge on any atom is -0.367 e. The molecule has 1 amide bonds. The van der Waals surface area contributed by atoms with E-state index in [-0.39, 0.29) is 5.91 Å². The lowest BCUT2D eigenvalue weighted by Gasteiger charge is -2.08. The molecule has 5 heteroatoms. The summed E-state index contributed by atoms with van der Waals surface area (Å²) in [5.74, 6) is 0.645. The zero-order valence-electron chi connectivity index (χ0n) is 10.8. The van der Waals surface area contributed by atoms with Crippen molar-refractivity contribution in [2.75, 3.05) is 18.4 Å². The smallest absolute Gasteiger partial charge is 0.251 e. The van der Waals surface area contributed by atoms with Gasteiger partial charge >= 0.3 is 0 Å². The molecule has 19 heavy (non-hydrogen) atoms. The quantitative estimate of drug-likeness (QED) is 0.798. The van der Waals surface area contributed by atoms with Crippen LogP contribution in [0.15, 0.2) is 42.9 Å². The zero-order chi connectivity index (χ0) is 13.5. The fourth-order valence-electron chi connectivity index (χ4n) is 1.68. The molecule has 98 valence electrons. The van der Waals surface area contributed by atoms with Crippen molar-refractivity contribution in [1.82, 2.24) is 15.3 Å². The standard InChI is InChI=1S/C14H16N4O/c1-11-4-2-3-5-12(11)14(19)18-9-8-17-13-10-15-6-7-16-13/h2-7,10H,8-9H2,1H3,(H,16,17)(H,18,19). The van der Waals surface area contributed by atoms with E-state index >= 15 is 0 Å². The average Bonchev–Trinajstić information content (AvgIpc) is 2.45. The van der Waals surface area contributed by atoms with Gasteiger partial charge in [0.15, 0.2) is 0 Å². The summed E-state index contributed by atoms with van der Waals surface area (Å²) in [5, 5.41) is 5.94. The predicted molar refractivity (Wildman–Crippen MR) is 74.0 cm³/mol. The molecule has 0 saturated heterocycles. The van der Waals surface area contributed by atoms with E-state index < -0.39 is 0 Å². The van der Waals surface area contributed by atoms with E-state index in [0.717, 1.165) is 5.56 Å². The van der Waals surface area contributed by atoms with Crippen molar-refractivity contribution in [3.05, 3.63) is 54.0 Å². The number of nitrogens with zero attached hydrogens (tertiary/aromatic N) is 2. The van der Waals surface area contributed by atoms with Crippen LogP contribution in [0, 0.1) is 6.92 Å². The summed E-state index contributed by atoms with van der Waals surface area (Å²) in [5.41, 5.74) is 1.68. The fraction of sp³-hybridized carbons (Fsp3) is 0.214. The van der Waals surface area contributed by atoms with Crippen LogP contribution >= 0.6 is 0 Å². The SMILES string of the molecule is Cc1ccccc1C(=O)NCCNc1cnccn1. The van der Waals surface area contributed by atoms with Gasteiger partial charge < -0.3 is 10.6 Å². The van der Waals surface area contributed by atoms with Crippen LogP contribution < -0.4 is 10.6 Å². The molecule has 0 fully saturated rings. The number of hydrogen-bond acceptors (Lipinski definition) is 4. The second-order valence-electron chi connectivity index (χ2n) is 4.09. The summed E-state index contributed by atoms with van der Waals surface area (Å²) in [4.78, 5) is 19.9. The molecule has 0 aliphatic carbocycles. The van der Waals surface area contributed by atoms with Crippen molar-refractivity contribution in [3.63, 3.8) is 0 Å². The average molecular weight is 256 g/mol. The summed E-state index contributed by atoms with van der Waals surface area (Å²) in [6.07, 6.45) is 4.88. The Morgan fingerprint density at radius 2 is 2.05 bits per heavy atom. The molecule has 2 rings (SSSR count). The molecule has 1 aromatic heterocycles.